The number of hydrazone groups is 1. The number of carbonyl (C=O) groups is 1. The molecule has 0 aliphatic heterocycles. The molecule has 9 heteroatoms. The summed E-state index contributed by atoms with van der Waals surface area (Å²) in [6.07, 6.45) is 4.13. The van der Waals surface area contributed by atoms with Gasteiger partial charge in [0.25, 0.3) is 5.91 Å². The number of aromatic nitrogens is 1. The topological polar surface area (TPSA) is 127 Å². The predicted octanol–water partition coefficient (Wildman–Crippen LogP) is 1.47. The molecular weight excluding hydrogens is 304 g/mol. The minimum absolute atomic E-state index is 0.0684. The molecule has 1 heterocycles. The van der Waals surface area contributed by atoms with E-state index >= 15 is 0 Å². The monoisotopic (exact) mass is 316 g/mol. The maximum atomic E-state index is 11.8. The van der Waals surface area contributed by atoms with Crippen molar-refractivity contribution in [1.29, 1.82) is 0 Å². The molecule has 0 saturated carbocycles. The van der Waals surface area contributed by atoms with Crippen molar-refractivity contribution in [1.82, 2.24) is 10.4 Å². The van der Waals surface area contributed by atoms with Gasteiger partial charge in [0, 0.05) is 29.6 Å². The molecule has 1 aromatic heterocycles. The van der Waals surface area contributed by atoms with Gasteiger partial charge >= 0.3 is 5.69 Å². The summed E-state index contributed by atoms with van der Waals surface area (Å²) in [5.41, 5.74) is 2.40. The van der Waals surface area contributed by atoms with Crippen LogP contribution in [-0.4, -0.2) is 34.2 Å². The van der Waals surface area contributed by atoms with Crippen molar-refractivity contribution in [3.05, 3.63) is 57.9 Å². The Kier molecular flexibility index (Phi) is 4.82. The number of benzene rings is 1. The molecule has 23 heavy (non-hydrogen) atoms. The largest absolute Gasteiger partial charge is 0.500 e. The number of amides is 1. The zero-order chi connectivity index (χ0) is 16.8. The highest BCUT2D eigenvalue weighted by Gasteiger charge is 2.19. The van der Waals surface area contributed by atoms with Crippen molar-refractivity contribution in [2.24, 2.45) is 5.10 Å². The standard InChI is InChI=1S/C14H12N4O5/c1-23-12-7-9(6-11(13(12)19)18(21)22)8-16-17-14(20)10-2-4-15-5-3-10/h2-8,19H,1H3,(H,17,20). The number of nitrogens with zero attached hydrogens (tertiary/aromatic N) is 3. The number of rotatable bonds is 5. The lowest BCUT2D eigenvalue weighted by atomic mass is 10.2. The molecule has 1 amide bonds. The van der Waals surface area contributed by atoms with E-state index in [9.17, 15) is 20.0 Å². The third kappa shape index (κ3) is 3.79. The van der Waals surface area contributed by atoms with Crippen molar-refractivity contribution in [3.63, 3.8) is 0 Å². The third-order valence-corrected chi connectivity index (χ3v) is 2.82. The van der Waals surface area contributed by atoms with Gasteiger partial charge in [0.05, 0.1) is 18.2 Å². The smallest absolute Gasteiger partial charge is 0.315 e. The summed E-state index contributed by atoms with van der Waals surface area (Å²) in [6.45, 7) is 0. The van der Waals surface area contributed by atoms with Crippen LogP contribution in [0.5, 0.6) is 11.5 Å². The van der Waals surface area contributed by atoms with Crippen LogP contribution in [0.2, 0.25) is 0 Å². The molecule has 2 N–H and O–H groups in total. The maximum absolute atomic E-state index is 11.8. The fourth-order valence-corrected chi connectivity index (χ4v) is 1.72. The molecule has 9 nitrogen and oxygen atoms in total. The molecule has 2 rings (SSSR count). The Bertz CT molecular complexity index is 761. The molecule has 0 aliphatic carbocycles. The maximum Gasteiger partial charge on any atom is 0.315 e. The number of hydrogen-bond acceptors (Lipinski definition) is 7. The highest BCUT2D eigenvalue weighted by atomic mass is 16.6. The van der Waals surface area contributed by atoms with Crippen LogP contribution in [0.1, 0.15) is 15.9 Å². The summed E-state index contributed by atoms with van der Waals surface area (Å²) in [5.74, 6) is -1.10. The number of nitrogens with one attached hydrogen (secondary N) is 1. The average molecular weight is 316 g/mol. The Morgan fingerprint density at radius 1 is 1.43 bits per heavy atom. The molecule has 1 aromatic carbocycles. The van der Waals surface area contributed by atoms with Gasteiger partial charge in [-0.15, -0.1) is 0 Å². The van der Waals surface area contributed by atoms with E-state index in [2.05, 4.69) is 15.5 Å². The second kappa shape index (κ2) is 6.98. The summed E-state index contributed by atoms with van der Waals surface area (Å²) in [5, 5.41) is 24.3. The highest BCUT2D eigenvalue weighted by molar-refractivity contribution is 5.94. The second-order valence-corrected chi connectivity index (χ2v) is 4.28. The second-order valence-electron chi connectivity index (χ2n) is 4.28. The van der Waals surface area contributed by atoms with Gasteiger partial charge in [-0.05, 0) is 18.2 Å². The normalized spacial score (nSPS) is 10.5. The molecule has 118 valence electrons. The van der Waals surface area contributed by atoms with Crippen LogP contribution in [0.4, 0.5) is 5.69 Å². The Hall–Kier alpha value is -3.49. The molecule has 2 aromatic rings. The van der Waals surface area contributed by atoms with E-state index in [-0.39, 0.29) is 11.3 Å². The SMILES string of the molecule is COc1cc(C=NNC(=O)c2ccncc2)cc([N+](=O)[O-])c1O. The minimum atomic E-state index is -0.745. The van der Waals surface area contributed by atoms with E-state index in [4.69, 9.17) is 4.74 Å². The average Bonchev–Trinajstić information content (AvgIpc) is 2.56. The van der Waals surface area contributed by atoms with E-state index in [1.54, 1.807) is 0 Å². The van der Waals surface area contributed by atoms with Gasteiger partial charge in [0.15, 0.2) is 5.75 Å². The number of hydrogen-bond donors (Lipinski definition) is 2. The molecule has 0 radical (unpaired) electrons. The first-order chi connectivity index (χ1) is 11.0. The van der Waals surface area contributed by atoms with Gasteiger partial charge in [-0.3, -0.25) is 19.9 Å². The summed E-state index contributed by atoms with van der Waals surface area (Å²) >= 11 is 0. The lowest BCUT2D eigenvalue weighted by molar-refractivity contribution is -0.386. The Labute approximate surface area is 130 Å². The first-order valence-corrected chi connectivity index (χ1v) is 6.31. The zero-order valence-electron chi connectivity index (χ0n) is 12.0. The molecular formula is C14H12N4O5. The van der Waals surface area contributed by atoms with Crippen molar-refractivity contribution < 1.29 is 19.6 Å². The Morgan fingerprint density at radius 3 is 2.74 bits per heavy atom. The van der Waals surface area contributed by atoms with Gasteiger partial charge in [-0.25, -0.2) is 5.43 Å². The number of nitro groups is 1. The van der Waals surface area contributed by atoms with Gasteiger partial charge in [-0.1, -0.05) is 0 Å². The van der Waals surface area contributed by atoms with E-state index in [1.807, 2.05) is 0 Å². The fourth-order valence-electron chi connectivity index (χ4n) is 1.72. The zero-order valence-corrected chi connectivity index (χ0v) is 12.0. The number of methoxy groups -OCH3 is 1. The lowest BCUT2D eigenvalue weighted by Gasteiger charge is -2.05. The Balaban J connectivity index is 2.18. The first kappa shape index (κ1) is 15.9. The quantitative estimate of drug-likeness (QED) is 0.488. The van der Waals surface area contributed by atoms with Gasteiger partial charge in [0.1, 0.15) is 0 Å². The van der Waals surface area contributed by atoms with E-state index in [1.165, 1.54) is 43.9 Å². The van der Waals surface area contributed by atoms with Gasteiger partial charge in [0.2, 0.25) is 5.75 Å². The predicted molar refractivity (Wildman–Crippen MR) is 80.6 cm³/mol. The van der Waals surface area contributed by atoms with Crippen molar-refractivity contribution >= 4 is 17.8 Å². The van der Waals surface area contributed by atoms with E-state index < -0.39 is 22.3 Å². The lowest BCUT2D eigenvalue weighted by Crippen LogP contribution is -2.17. The van der Waals surface area contributed by atoms with Crippen LogP contribution in [-0.2, 0) is 0 Å². The summed E-state index contributed by atoms with van der Waals surface area (Å²) in [4.78, 5) is 25.7. The van der Waals surface area contributed by atoms with E-state index in [0.29, 0.717) is 5.56 Å². The number of ether oxygens (including phenoxy) is 1. The van der Waals surface area contributed by atoms with Crippen LogP contribution in [0.15, 0.2) is 41.8 Å². The minimum Gasteiger partial charge on any atom is -0.500 e. The number of phenols is 1. The molecule has 0 atom stereocenters. The fraction of sp³-hybridized carbons (Fsp3) is 0.0714. The summed E-state index contributed by atoms with van der Waals surface area (Å²) in [7, 11) is 1.27. The summed E-state index contributed by atoms with van der Waals surface area (Å²) < 4.78 is 4.86. The van der Waals surface area contributed by atoms with Gasteiger partial charge in [-0.2, -0.15) is 5.10 Å². The van der Waals surface area contributed by atoms with Crippen LogP contribution < -0.4 is 10.2 Å². The number of phenolic OH excluding ortho intramolecular Hbond substituents is 1. The molecule has 0 spiro atoms. The molecule has 0 aliphatic rings. The molecule has 0 bridgehead atoms. The van der Waals surface area contributed by atoms with Crippen molar-refractivity contribution in [3.8, 4) is 11.5 Å². The number of carbonyl (C=O) groups excluding carboxylic acids is 1. The molecule has 0 unspecified atom stereocenters. The number of pyridine rings is 1. The van der Waals surface area contributed by atoms with Crippen molar-refractivity contribution in [2.45, 2.75) is 0 Å². The van der Waals surface area contributed by atoms with Gasteiger partial charge < -0.3 is 9.84 Å². The third-order valence-electron chi connectivity index (χ3n) is 2.82. The Morgan fingerprint density at radius 2 is 2.13 bits per heavy atom. The number of aromatic hydroxyl groups is 1. The van der Waals surface area contributed by atoms with Crippen molar-refractivity contribution in [2.75, 3.05) is 7.11 Å². The highest BCUT2D eigenvalue weighted by Crippen LogP contribution is 2.36. The van der Waals surface area contributed by atoms with Crippen LogP contribution >= 0.6 is 0 Å². The number of nitro benzene ring substituents is 1. The molecule has 0 fully saturated rings. The van der Waals surface area contributed by atoms with Crippen LogP contribution in [0, 0.1) is 10.1 Å². The molecule has 0 saturated heterocycles. The van der Waals surface area contributed by atoms with Crippen LogP contribution in [0.3, 0.4) is 0 Å². The first-order valence-electron chi connectivity index (χ1n) is 6.31. The van der Waals surface area contributed by atoms with E-state index in [0.717, 1.165) is 6.07 Å². The summed E-state index contributed by atoms with van der Waals surface area (Å²) in [6, 6.07) is 5.49. The van der Waals surface area contributed by atoms with Crippen LogP contribution in [0.25, 0.3) is 0 Å².